The maximum atomic E-state index is 12.8. The van der Waals surface area contributed by atoms with E-state index in [0.717, 1.165) is 17.0 Å². The van der Waals surface area contributed by atoms with Gasteiger partial charge in [0.25, 0.3) is 5.78 Å². The number of thioether (sulfide) groups is 1. The van der Waals surface area contributed by atoms with Gasteiger partial charge >= 0.3 is 0 Å². The lowest BCUT2D eigenvalue weighted by molar-refractivity contribution is 0.0962. The lowest BCUT2D eigenvalue weighted by Gasteiger charge is -2.23. The zero-order valence-corrected chi connectivity index (χ0v) is 18.0. The monoisotopic (exact) mass is 434 g/mol. The van der Waals surface area contributed by atoms with Gasteiger partial charge in [0.05, 0.1) is 11.3 Å². The minimum atomic E-state index is 0.0926. The number of rotatable bonds is 4. The number of carbonyl (C=O) groups excluding carboxylic acids is 1. The predicted molar refractivity (Wildman–Crippen MR) is 118 cm³/mol. The number of nitrogens with zero attached hydrogens (tertiary/aromatic N) is 4. The molecule has 2 heterocycles. The molecule has 7 heteroatoms. The number of benzene rings is 2. The molecule has 0 amide bonds. The van der Waals surface area contributed by atoms with Gasteiger partial charge in [0.2, 0.25) is 5.16 Å². The topological polar surface area (TPSA) is 60.1 Å². The van der Waals surface area contributed by atoms with Crippen LogP contribution < -0.4 is 0 Å². The molecule has 1 unspecified atom stereocenters. The summed E-state index contributed by atoms with van der Waals surface area (Å²) in [7, 11) is 0. The van der Waals surface area contributed by atoms with E-state index in [1.807, 2.05) is 24.3 Å². The zero-order chi connectivity index (χ0) is 20.7. The van der Waals surface area contributed by atoms with Crippen LogP contribution >= 0.6 is 23.4 Å². The van der Waals surface area contributed by atoms with Gasteiger partial charge in [0, 0.05) is 23.4 Å². The Labute approximate surface area is 183 Å². The highest BCUT2D eigenvalue weighted by molar-refractivity contribution is 7.98. The van der Waals surface area contributed by atoms with Crippen molar-refractivity contribution in [2.75, 3.05) is 0 Å². The second-order valence-corrected chi connectivity index (χ2v) is 8.97. The van der Waals surface area contributed by atoms with Crippen LogP contribution in [0.5, 0.6) is 0 Å². The van der Waals surface area contributed by atoms with Gasteiger partial charge in [-0.1, -0.05) is 65.3 Å². The van der Waals surface area contributed by atoms with Crippen LogP contribution in [0.1, 0.15) is 45.1 Å². The Bertz CT molecular complexity index is 1230. The molecule has 0 spiro atoms. The van der Waals surface area contributed by atoms with Gasteiger partial charge in [0.1, 0.15) is 0 Å². The number of halogens is 1. The highest BCUT2D eigenvalue weighted by Crippen LogP contribution is 2.32. The molecule has 0 radical (unpaired) electrons. The summed E-state index contributed by atoms with van der Waals surface area (Å²) in [4.78, 5) is 22.0. The van der Waals surface area contributed by atoms with Gasteiger partial charge in [-0.3, -0.25) is 4.79 Å². The fourth-order valence-electron chi connectivity index (χ4n) is 3.73. The smallest absolute Gasteiger partial charge is 0.253 e. The van der Waals surface area contributed by atoms with Gasteiger partial charge < -0.3 is 0 Å². The number of Topliss-reactive ketones (excluding diaryl/α,β-unsaturated/α-hetero) is 1. The van der Waals surface area contributed by atoms with E-state index in [-0.39, 0.29) is 11.7 Å². The number of ketones is 1. The second kappa shape index (κ2) is 7.85. The van der Waals surface area contributed by atoms with Crippen molar-refractivity contribution >= 4 is 34.9 Å². The maximum Gasteiger partial charge on any atom is 0.253 e. The number of fused-ring (bicyclic) bond motifs is 2. The summed E-state index contributed by atoms with van der Waals surface area (Å²) in [5, 5.41) is 5.87. The second-order valence-electron chi connectivity index (χ2n) is 7.59. The van der Waals surface area contributed by atoms with Crippen LogP contribution in [0.4, 0.5) is 0 Å². The van der Waals surface area contributed by atoms with Crippen LogP contribution in [-0.2, 0) is 12.2 Å². The minimum Gasteiger partial charge on any atom is -0.294 e. The number of hydrogen-bond donors (Lipinski definition) is 0. The summed E-state index contributed by atoms with van der Waals surface area (Å²) in [6.45, 7) is 2.08. The summed E-state index contributed by atoms with van der Waals surface area (Å²) in [5.74, 6) is 1.52. The third-order valence-electron chi connectivity index (χ3n) is 5.39. The van der Waals surface area contributed by atoms with Crippen molar-refractivity contribution in [1.82, 2.24) is 19.6 Å². The highest BCUT2D eigenvalue weighted by Gasteiger charge is 2.28. The van der Waals surface area contributed by atoms with Gasteiger partial charge in [0.15, 0.2) is 5.78 Å². The fourth-order valence-corrected chi connectivity index (χ4v) is 4.63. The van der Waals surface area contributed by atoms with Crippen molar-refractivity contribution in [3.05, 3.63) is 87.7 Å². The molecule has 1 aliphatic carbocycles. The highest BCUT2D eigenvalue weighted by atomic mass is 35.5. The third kappa shape index (κ3) is 3.85. The van der Waals surface area contributed by atoms with Crippen LogP contribution in [-0.4, -0.2) is 25.4 Å². The first-order valence-electron chi connectivity index (χ1n) is 9.78. The first-order chi connectivity index (χ1) is 14.5. The predicted octanol–water partition coefficient (Wildman–Crippen LogP) is 5.29. The normalized spacial score (nSPS) is 16.1. The van der Waals surface area contributed by atoms with E-state index in [0.29, 0.717) is 34.4 Å². The Balaban J connectivity index is 1.39. The first kappa shape index (κ1) is 19.3. The van der Waals surface area contributed by atoms with E-state index in [2.05, 4.69) is 46.3 Å². The molecular weight excluding hydrogens is 416 g/mol. The molecule has 0 aliphatic heterocycles. The lowest BCUT2D eigenvalue weighted by atomic mass is 9.82. The molecule has 0 saturated carbocycles. The molecule has 1 atom stereocenters. The molecule has 1 aliphatic rings. The molecule has 150 valence electrons. The number of aromatic nitrogens is 4. The molecule has 2 aromatic heterocycles. The average Bonchev–Trinajstić information content (AvgIpc) is 3.14. The minimum absolute atomic E-state index is 0.0926. The molecule has 0 fully saturated rings. The maximum absolute atomic E-state index is 12.8. The molecule has 0 saturated heterocycles. The van der Waals surface area contributed by atoms with Crippen molar-refractivity contribution in [3.63, 3.8) is 0 Å². The van der Waals surface area contributed by atoms with E-state index in [4.69, 9.17) is 11.6 Å². The van der Waals surface area contributed by atoms with E-state index >= 15 is 0 Å². The summed E-state index contributed by atoms with van der Waals surface area (Å²) in [6, 6.07) is 16.1. The Kier molecular flexibility index (Phi) is 5.05. The third-order valence-corrected chi connectivity index (χ3v) is 6.55. The van der Waals surface area contributed by atoms with Crippen LogP contribution in [0.25, 0.3) is 5.78 Å². The van der Waals surface area contributed by atoms with Crippen LogP contribution in [0.3, 0.4) is 0 Å². The average molecular weight is 435 g/mol. The van der Waals surface area contributed by atoms with E-state index in [1.165, 1.54) is 11.1 Å². The molecule has 2 aromatic carbocycles. The summed E-state index contributed by atoms with van der Waals surface area (Å²) in [6.07, 6.45) is 2.95. The van der Waals surface area contributed by atoms with E-state index in [9.17, 15) is 4.79 Å². The number of carbonyl (C=O) groups is 1. The zero-order valence-electron chi connectivity index (χ0n) is 16.4. The van der Waals surface area contributed by atoms with Crippen molar-refractivity contribution in [1.29, 1.82) is 0 Å². The Hall–Kier alpha value is -2.70. The van der Waals surface area contributed by atoms with Crippen molar-refractivity contribution in [2.45, 2.75) is 36.6 Å². The molecule has 30 heavy (non-hydrogen) atoms. The van der Waals surface area contributed by atoms with Crippen LogP contribution in [0.2, 0.25) is 5.02 Å². The summed E-state index contributed by atoms with van der Waals surface area (Å²) < 4.78 is 1.62. The Morgan fingerprint density at radius 2 is 1.83 bits per heavy atom. The first-order valence-corrected chi connectivity index (χ1v) is 11.1. The van der Waals surface area contributed by atoms with Gasteiger partial charge in [-0.2, -0.15) is 4.98 Å². The SMILES string of the molecule is Cc1ccc(CSc2nc3nc4c(cn3n2)C(=O)CC(c2ccc(Cl)cc2)C4)cc1. The molecule has 5 nitrogen and oxygen atoms in total. The number of aryl methyl sites for hydroxylation is 1. The van der Waals surface area contributed by atoms with Crippen LogP contribution in [0, 0.1) is 6.92 Å². The summed E-state index contributed by atoms with van der Waals surface area (Å²) >= 11 is 7.57. The van der Waals surface area contributed by atoms with E-state index in [1.54, 1.807) is 22.5 Å². The van der Waals surface area contributed by atoms with Crippen molar-refractivity contribution in [2.24, 2.45) is 0 Å². The molecule has 0 N–H and O–H groups in total. The van der Waals surface area contributed by atoms with E-state index < -0.39 is 0 Å². The van der Waals surface area contributed by atoms with Gasteiger partial charge in [-0.05, 0) is 42.5 Å². The molecule has 4 aromatic rings. The quantitative estimate of drug-likeness (QED) is 0.408. The van der Waals surface area contributed by atoms with Gasteiger partial charge in [-0.15, -0.1) is 5.10 Å². The Morgan fingerprint density at radius 3 is 2.60 bits per heavy atom. The molecular formula is C23H19ClN4OS. The summed E-state index contributed by atoms with van der Waals surface area (Å²) in [5.41, 5.74) is 5.01. The Morgan fingerprint density at radius 1 is 1.07 bits per heavy atom. The van der Waals surface area contributed by atoms with Crippen molar-refractivity contribution < 1.29 is 4.79 Å². The van der Waals surface area contributed by atoms with Crippen LogP contribution in [0.15, 0.2) is 59.9 Å². The van der Waals surface area contributed by atoms with Crippen molar-refractivity contribution in [3.8, 4) is 0 Å². The molecule has 0 bridgehead atoms. The number of hydrogen-bond acceptors (Lipinski definition) is 5. The lowest BCUT2D eigenvalue weighted by Crippen LogP contribution is -2.21. The van der Waals surface area contributed by atoms with Gasteiger partial charge in [-0.25, -0.2) is 9.50 Å². The largest absolute Gasteiger partial charge is 0.294 e. The molecule has 5 rings (SSSR count). The fraction of sp³-hybridized carbons (Fsp3) is 0.217. The standard InChI is InChI=1S/C23H19ClN4OS/c1-14-2-4-15(5-3-14)13-30-23-26-22-25-20-10-17(16-6-8-18(24)9-7-16)11-21(29)19(20)12-28(22)27-23/h2-9,12,17H,10-11,13H2,1H3.